The van der Waals surface area contributed by atoms with Gasteiger partial charge in [-0.25, -0.2) is 4.79 Å². The number of carbonyl (C=O) groups is 5. The van der Waals surface area contributed by atoms with Crippen LogP contribution in [0.2, 0.25) is 0 Å². The lowest BCUT2D eigenvalue weighted by molar-refractivity contribution is -0.136. The van der Waals surface area contributed by atoms with Crippen LogP contribution in [0, 0.1) is 0 Å². The van der Waals surface area contributed by atoms with Crippen molar-refractivity contribution in [3.05, 3.63) is 64.2 Å². The van der Waals surface area contributed by atoms with Crippen LogP contribution >= 0.6 is 0 Å². The van der Waals surface area contributed by atoms with Crippen molar-refractivity contribution in [2.45, 2.75) is 38.4 Å². The number of piperidine rings is 1. The summed E-state index contributed by atoms with van der Waals surface area (Å²) in [5.41, 5.74) is 4.07. The van der Waals surface area contributed by atoms with E-state index in [0.717, 1.165) is 11.1 Å². The second-order valence-corrected chi connectivity index (χ2v) is 9.04. The fourth-order valence-electron chi connectivity index (χ4n) is 4.93. The molecule has 2 aromatic rings. The molecule has 0 spiro atoms. The lowest BCUT2D eigenvalue weighted by atomic mass is 9.97. The fraction of sp³-hybridized carbons (Fsp3) is 0.320. The first kappa shape index (κ1) is 22.6. The van der Waals surface area contributed by atoms with Crippen LogP contribution < -0.4 is 10.2 Å². The predicted molar refractivity (Wildman–Crippen MR) is 124 cm³/mol. The first-order valence-electron chi connectivity index (χ1n) is 11.4. The molecule has 1 unspecified atom stereocenters. The van der Waals surface area contributed by atoms with Gasteiger partial charge in [0.15, 0.2) is 0 Å². The zero-order valence-corrected chi connectivity index (χ0v) is 19.1. The van der Waals surface area contributed by atoms with Crippen molar-refractivity contribution >= 4 is 35.4 Å². The Morgan fingerprint density at radius 1 is 1.00 bits per heavy atom. The van der Waals surface area contributed by atoms with Gasteiger partial charge in [-0.2, -0.15) is 0 Å². The highest BCUT2D eigenvalue weighted by atomic mass is 16.4. The number of nitrogens with zero attached hydrogens (tertiary/aromatic N) is 3. The monoisotopic (exact) mass is 476 g/mol. The van der Waals surface area contributed by atoms with E-state index in [9.17, 15) is 29.1 Å². The quantitative estimate of drug-likeness (QED) is 0.650. The Morgan fingerprint density at radius 2 is 1.80 bits per heavy atom. The third-order valence-corrected chi connectivity index (χ3v) is 6.94. The number of fused-ring (bicyclic) bond motifs is 2. The molecule has 3 aliphatic rings. The van der Waals surface area contributed by atoms with Gasteiger partial charge in [-0.15, -0.1) is 0 Å². The summed E-state index contributed by atoms with van der Waals surface area (Å²) in [5.74, 6) is -1.33. The molecule has 5 amide bonds. The molecule has 1 atom stereocenters. The van der Waals surface area contributed by atoms with Crippen molar-refractivity contribution in [1.29, 1.82) is 0 Å². The number of carboxylic acid groups (broad SMARTS) is 1. The van der Waals surface area contributed by atoms with E-state index in [1.54, 1.807) is 37.4 Å². The Bertz CT molecular complexity index is 1290. The Hall–Kier alpha value is -4.21. The number of anilines is 1. The van der Waals surface area contributed by atoms with Crippen LogP contribution in [0.15, 0.2) is 36.4 Å². The summed E-state index contributed by atoms with van der Waals surface area (Å²) >= 11 is 0. The van der Waals surface area contributed by atoms with Gasteiger partial charge >= 0.3 is 6.09 Å². The van der Waals surface area contributed by atoms with E-state index in [-0.39, 0.29) is 43.7 Å². The number of benzene rings is 2. The van der Waals surface area contributed by atoms with E-state index >= 15 is 0 Å². The Kier molecular flexibility index (Phi) is 5.50. The minimum absolute atomic E-state index is 0.185. The van der Waals surface area contributed by atoms with Crippen molar-refractivity contribution in [2.24, 2.45) is 0 Å². The molecular weight excluding hydrogens is 452 g/mol. The third kappa shape index (κ3) is 4.01. The Labute approximate surface area is 201 Å². The van der Waals surface area contributed by atoms with Gasteiger partial charge in [0.05, 0.1) is 0 Å². The van der Waals surface area contributed by atoms with E-state index in [4.69, 9.17) is 0 Å². The average molecular weight is 476 g/mol. The first-order valence-corrected chi connectivity index (χ1v) is 11.4. The molecule has 0 aliphatic carbocycles. The molecule has 2 aromatic carbocycles. The van der Waals surface area contributed by atoms with E-state index in [2.05, 4.69) is 5.32 Å². The molecule has 0 radical (unpaired) electrons. The van der Waals surface area contributed by atoms with Crippen LogP contribution in [0.3, 0.4) is 0 Å². The van der Waals surface area contributed by atoms with Gasteiger partial charge in [-0.05, 0) is 59.9 Å². The zero-order valence-electron chi connectivity index (χ0n) is 19.1. The van der Waals surface area contributed by atoms with Crippen molar-refractivity contribution in [3.63, 3.8) is 0 Å². The number of imide groups is 1. The lowest BCUT2D eigenvalue weighted by Crippen LogP contribution is -2.52. The number of rotatable bonds is 3. The molecule has 35 heavy (non-hydrogen) atoms. The van der Waals surface area contributed by atoms with E-state index < -0.39 is 18.0 Å². The number of hydrogen-bond donors (Lipinski definition) is 2. The number of amides is 5. The van der Waals surface area contributed by atoms with Crippen molar-refractivity contribution in [1.82, 2.24) is 15.1 Å². The second kappa shape index (κ2) is 8.53. The minimum atomic E-state index is -0.983. The van der Waals surface area contributed by atoms with Gasteiger partial charge in [0.2, 0.25) is 11.8 Å². The maximum Gasteiger partial charge on any atom is 0.407 e. The molecular formula is C25H24N4O6. The van der Waals surface area contributed by atoms with Crippen molar-refractivity contribution < 1.29 is 29.1 Å². The summed E-state index contributed by atoms with van der Waals surface area (Å²) in [4.78, 5) is 65.5. The highest BCUT2D eigenvalue weighted by Crippen LogP contribution is 2.31. The largest absolute Gasteiger partial charge is 0.465 e. The zero-order chi connectivity index (χ0) is 24.9. The Morgan fingerprint density at radius 3 is 2.54 bits per heavy atom. The van der Waals surface area contributed by atoms with Crippen LogP contribution in [0.4, 0.5) is 10.5 Å². The van der Waals surface area contributed by atoms with Crippen molar-refractivity contribution in [3.8, 4) is 0 Å². The summed E-state index contributed by atoms with van der Waals surface area (Å²) in [5, 5.41) is 11.6. The van der Waals surface area contributed by atoms with Gasteiger partial charge in [-0.3, -0.25) is 24.5 Å². The summed E-state index contributed by atoms with van der Waals surface area (Å²) in [6, 6.07) is 9.76. The molecule has 0 aromatic heterocycles. The molecule has 180 valence electrons. The van der Waals surface area contributed by atoms with E-state index in [0.29, 0.717) is 35.3 Å². The van der Waals surface area contributed by atoms with E-state index in [1.807, 2.05) is 6.07 Å². The summed E-state index contributed by atoms with van der Waals surface area (Å²) < 4.78 is 0. The number of hydrogen-bond acceptors (Lipinski definition) is 5. The molecule has 2 N–H and O–H groups in total. The standard InChI is InChI=1S/C25H24N4O6/c1-27(23(32)15-3-2-14-8-9-28(25(34)35)12-16(14)10-15)18-4-5-19-17(11-18)13-29(24(19)33)20-6-7-21(30)26-22(20)31/h2-5,10-11,20H,6-9,12-13H2,1H3,(H,34,35)(H,26,30,31). The van der Waals surface area contributed by atoms with Crippen LogP contribution in [-0.2, 0) is 29.1 Å². The lowest BCUT2D eigenvalue weighted by Gasteiger charge is -2.29. The normalized spacial score (nSPS) is 19.2. The average Bonchev–Trinajstić information content (AvgIpc) is 3.17. The maximum absolute atomic E-state index is 13.2. The second-order valence-electron chi connectivity index (χ2n) is 9.04. The molecule has 0 saturated carbocycles. The SMILES string of the molecule is CN(C(=O)c1ccc2c(c1)CN(C(=O)O)CC2)c1ccc2c(c1)CN(C1CCC(=O)NC1=O)C2=O. The van der Waals surface area contributed by atoms with Crippen molar-refractivity contribution in [2.75, 3.05) is 18.5 Å². The van der Waals surface area contributed by atoms with Gasteiger partial charge < -0.3 is 19.8 Å². The Balaban J connectivity index is 1.34. The molecule has 3 aliphatic heterocycles. The summed E-state index contributed by atoms with van der Waals surface area (Å²) in [6.07, 6.45) is 0.0923. The molecule has 10 heteroatoms. The predicted octanol–water partition coefficient (Wildman–Crippen LogP) is 1.76. The smallest absolute Gasteiger partial charge is 0.407 e. The highest BCUT2D eigenvalue weighted by Gasteiger charge is 2.39. The van der Waals surface area contributed by atoms with Crippen LogP contribution in [0.25, 0.3) is 0 Å². The van der Waals surface area contributed by atoms with Crippen LogP contribution in [0.1, 0.15) is 50.2 Å². The molecule has 1 fully saturated rings. The van der Waals surface area contributed by atoms with Crippen LogP contribution in [-0.4, -0.2) is 64.3 Å². The van der Waals surface area contributed by atoms with Gasteiger partial charge in [0, 0.05) is 49.9 Å². The minimum Gasteiger partial charge on any atom is -0.465 e. The molecule has 0 bridgehead atoms. The summed E-state index contributed by atoms with van der Waals surface area (Å²) in [7, 11) is 1.64. The molecule has 10 nitrogen and oxygen atoms in total. The van der Waals surface area contributed by atoms with Gasteiger partial charge in [0.25, 0.3) is 11.8 Å². The van der Waals surface area contributed by atoms with Gasteiger partial charge in [0.1, 0.15) is 6.04 Å². The molecule has 1 saturated heterocycles. The molecule has 5 rings (SSSR count). The van der Waals surface area contributed by atoms with Crippen LogP contribution in [0.5, 0.6) is 0 Å². The summed E-state index contributed by atoms with van der Waals surface area (Å²) in [6.45, 7) is 0.895. The maximum atomic E-state index is 13.2. The third-order valence-electron chi connectivity index (χ3n) is 6.94. The number of nitrogens with one attached hydrogen (secondary N) is 1. The van der Waals surface area contributed by atoms with Gasteiger partial charge in [-0.1, -0.05) is 6.07 Å². The fourth-order valence-corrected chi connectivity index (χ4v) is 4.93. The first-order chi connectivity index (χ1) is 16.7. The number of carbonyl (C=O) groups excluding carboxylic acids is 4. The topological polar surface area (TPSA) is 127 Å². The highest BCUT2D eigenvalue weighted by molar-refractivity contribution is 6.08. The molecule has 3 heterocycles. The van der Waals surface area contributed by atoms with E-state index in [1.165, 1.54) is 14.7 Å².